The molecule has 0 unspecified atom stereocenters. The van der Waals surface area contributed by atoms with Crippen LogP contribution in [-0.4, -0.2) is 20.0 Å². The molecule has 0 spiro atoms. The van der Waals surface area contributed by atoms with Crippen LogP contribution in [0.5, 0.6) is 0 Å². The van der Waals surface area contributed by atoms with Crippen LogP contribution in [0.3, 0.4) is 0 Å². The van der Waals surface area contributed by atoms with Crippen LogP contribution in [0.2, 0.25) is 0 Å². The maximum atomic E-state index is 11.0. The highest BCUT2D eigenvalue weighted by Gasteiger charge is 2.18. The molecule has 1 N–H and O–H groups in total. The number of nitrogens with one attached hydrogen (secondary N) is 1. The van der Waals surface area contributed by atoms with Crippen LogP contribution in [0.15, 0.2) is 36.5 Å². The number of rotatable bonds is 6. The van der Waals surface area contributed by atoms with Gasteiger partial charge in [-0.25, -0.2) is 0 Å². The molecule has 0 radical (unpaired) electrons. The van der Waals surface area contributed by atoms with Gasteiger partial charge in [0.1, 0.15) is 0 Å². The first kappa shape index (κ1) is 14.5. The Labute approximate surface area is 118 Å². The summed E-state index contributed by atoms with van der Waals surface area (Å²) in [4.78, 5) is 20.3. The second-order valence-electron chi connectivity index (χ2n) is 4.15. The minimum absolute atomic E-state index is 0.199. The van der Waals surface area contributed by atoms with Gasteiger partial charge in [-0.05, 0) is 18.2 Å². The molecule has 0 saturated heterocycles. The Morgan fingerprint density at radius 2 is 1.90 bits per heavy atom. The fraction of sp³-hybridized carbons (Fsp3) is 0.167. The molecule has 0 bridgehead atoms. The Kier molecular flexibility index (Phi) is 4.46. The topological polar surface area (TPSA) is 124 Å². The zero-order valence-corrected chi connectivity index (χ0v) is 10.8. The summed E-state index contributed by atoms with van der Waals surface area (Å²) in [6, 6.07) is 7.08. The predicted molar refractivity (Wildman–Crippen MR) is 72.3 cm³/mol. The van der Waals surface area contributed by atoms with Crippen molar-refractivity contribution in [3.8, 4) is 0 Å². The quantitative estimate of drug-likeness (QED) is 0.632. The first-order valence-electron chi connectivity index (χ1n) is 5.97. The van der Waals surface area contributed by atoms with Gasteiger partial charge in [-0.2, -0.15) is 10.2 Å². The molecule has 108 valence electrons. The van der Waals surface area contributed by atoms with Crippen LogP contribution in [0.4, 0.5) is 11.4 Å². The third-order valence-electron chi connectivity index (χ3n) is 2.73. The van der Waals surface area contributed by atoms with Crippen molar-refractivity contribution in [1.82, 2.24) is 15.5 Å². The minimum Gasteiger partial charge on any atom is -0.307 e. The molecular weight excluding hydrogens is 278 g/mol. The molecule has 0 fully saturated rings. The van der Waals surface area contributed by atoms with Gasteiger partial charge in [0.05, 0.1) is 21.6 Å². The van der Waals surface area contributed by atoms with Crippen molar-refractivity contribution in [1.29, 1.82) is 0 Å². The number of nitro benzene ring substituents is 2. The van der Waals surface area contributed by atoms with Crippen LogP contribution in [0.1, 0.15) is 11.3 Å². The largest absolute Gasteiger partial charge is 0.307 e. The minimum atomic E-state index is -0.663. The Hall–Kier alpha value is -2.94. The molecule has 0 aliphatic carbocycles. The lowest BCUT2D eigenvalue weighted by atomic mass is 10.1. The summed E-state index contributed by atoms with van der Waals surface area (Å²) in [6.07, 6.45) is 1.55. The van der Waals surface area contributed by atoms with Gasteiger partial charge in [0.25, 0.3) is 11.4 Å². The van der Waals surface area contributed by atoms with Crippen molar-refractivity contribution in [3.63, 3.8) is 0 Å². The molecule has 0 aliphatic heterocycles. The lowest BCUT2D eigenvalue weighted by molar-refractivity contribution is -0.394. The molecule has 0 atom stereocenters. The molecule has 9 heteroatoms. The van der Waals surface area contributed by atoms with Crippen LogP contribution in [0.25, 0.3) is 0 Å². The Bertz CT molecular complexity index is 662. The van der Waals surface area contributed by atoms with E-state index in [1.54, 1.807) is 18.3 Å². The number of hydrogen-bond donors (Lipinski definition) is 1. The zero-order chi connectivity index (χ0) is 15.2. The van der Waals surface area contributed by atoms with E-state index in [2.05, 4.69) is 15.5 Å². The van der Waals surface area contributed by atoms with Crippen molar-refractivity contribution in [2.45, 2.75) is 13.1 Å². The van der Waals surface area contributed by atoms with Crippen LogP contribution < -0.4 is 5.32 Å². The molecule has 0 saturated carbocycles. The van der Waals surface area contributed by atoms with Gasteiger partial charge in [0, 0.05) is 30.9 Å². The van der Waals surface area contributed by atoms with Gasteiger partial charge in [0.15, 0.2) is 0 Å². The van der Waals surface area contributed by atoms with Gasteiger partial charge in [0.2, 0.25) is 0 Å². The molecular formula is C12H11N5O4. The highest BCUT2D eigenvalue weighted by Crippen LogP contribution is 2.24. The number of hydrogen-bond acceptors (Lipinski definition) is 7. The third kappa shape index (κ3) is 3.76. The van der Waals surface area contributed by atoms with E-state index in [-0.39, 0.29) is 17.9 Å². The summed E-state index contributed by atoms with van der Waals surface area (Å²) >= 11 is 0. The number of nitrogens with zero attached hydrogens (tertiary/aromatic N) is 4. The summed E-state index contributed by atoms with van der Waals surface area (Å²) in [5, 5.41) is 32.2. The molecule has 0 amide bonds. The van der Waals surface area contributed by atoms with Gasteiger partial charge >= 0.3 is 0 Å². The average molecular weight is 289 g/mol. The summed E-state index contributed by atoms with van der Waals surface area (Å²) in [5.41, 5.74) is 0.478. The van der Waals surface area contributed by atoms with Crippen LogP contribution in [0, 0.1) is 20.2 Å². The number of benzene rings is 1. The fourth-order valence-electron chi connectivity index (χ4n) is 1.74. The first-order valence-corrected chi connectivity index (χ1v) is 5.97. The highest BCUT2D eigenvalue weighted by molar-refractivity contribution is 5.49. The second-order valence-corrected chi connectivity index (χ2v) is 4.15. The smallest absolute Gasteiger partial charge is 0.280 e. The van der Waals surface area contributed by atoms with E-state index in [0.717, 1.165) is 6.07 Å². The number of aromatic nitrogens is 2. The highest BCUT2D eigenvalue weighted by atomic mass is 16.6. The lowest BCUT2D eigenvalue weighted by Gasteiger charge is -2.05. The maximum Gasteiger partial charge on any atom is 0.280 e. The average Bonchev–Trinajstić information content (AvgIpc) is 2.48. The summed E-state index contributed by atoms with van der Waals surface area (Å²) < 4.78 is 0. The number of non-ortho nitro benzene ring substituents is 1. The molecule has 1 aromatic heterocycles. The fourth-order valence-corrected chi connectivity index (χ4v) is 1.74. The zero-order valence-electron chi connectivity index (χ0n) is 10.8. The Morgan fingerprint density at radius 1 is 1.10 bits per heavy atom. The Morgan fingerprint density at radius 3 is 2.52 bits per heavy atom. The normalized spacial score (nSPS) is 10.3. The molecule has 2 rings (SSSR count). The van der Waals surface area contributed by atoms with Crippen molar-refractivity contribution in [2.24, 2.45) is 0 Å². The Balaban J connectivity index is 2.09. The van der Waals surface area contributed by atoms with E-state index in [0.29, 0.717) is 17.8 Å². The predicted octanol–water partition coefficient (Wildman–Crippen LogP) is 1.58. The maximum absolute atomic E-state index is 11.0. The second kappa shape index (κ2) is 6.48. The van der Waals surface area contributed by atoms with E-state index in [1.165, 1.54) is 12.1 Å². The molecule has 21 heavy (non-hydrogen) atoms. The lowest BCUT2D eigenvalue weighted by Crippen LogP contribution is -2.15. The van der Waals surface area contributed by atoms with Crippen LogP contribution in [-0.2, 0) is 13.1 Å². The molecule has 1 aromatic carbocycles. The summed E-state index contributed by atoms with van der Waals surface area (Å²) in [6.45, 7) is 0.590. The van der Waals surface area contributed by atoms with E-state index >= 15 is 0 Å². The molecule has 0 aliphatic rings. The monoisotopic (exact) mass is 289 g/mol. The third-order valence-corrected chi connectivity index (χ3v) is 2.73. The molecule has 2 aromatic rings. The van der Waals surface area contributed by atoms with Gasteiger partial charge in [-0.3, -0.25) is 20.2 Å². The van der Waals surface area contributed by atoms with E-state index in [1.807, 2.05) is 0 Å². The summed E-state index contributed by atoms with van der Waals surface area (Å²) in [5.74, 6) is 0. The van der Waals surface area contributed by atoms with Crippen molar-refractivity contribution in [2.75, 3.05) is 0 Å². The molecule has 9 nitrogen and oxygen atoms in total. The first-order chi connectivity index (χ1) is 10.1. The van der Waals surface area contributed by atoms with E-state index in [4.69, 9.17) is 0 Å². The molecule has 1 heterocycles. The standard InChI is InChI=1S/C12H11N5O4/c18-16(19)11-4-3-9(12(6-11)17(20)21)7-13-8-10-2-1-5-14-15-10/h1-6,13H,7-8H2. The van der Waals surface area contributed by atoms with Crippen molar-refractivity contribution >= 4 is 11.4 Å². The van der Waals surface area contributed by atoms with E-state index < -0.39 is 9.85 Å². The van der Waals surface area contributed by atoms with Crippen molar-refractivity contribution in [3.05, 3.63) is 68.0 Å². The van der Waals surface area contributed by atoms with Gasteiger partial charge < -0.3 is 5.32 Å². The number of nitro groups is 2. The SMILES string of the molecule is O=[N+]([O-])c1ccc(CNCc2cccnn2)c([N+](=O)[O-])c1. The van der Waals surface area contributed by atoms with Gasteiger partial charge in [-0.1, -0.05) is 0 Å². The van der Waals surface area contributed by atoms with Crippen molar-refractivity contribution < 1.29 is 9.85 Å². The van der Waals surface area contributed by atoms with Gasteiger partial charge in [-0.15, -0.1) is 0 Å². The van der Waals surface area contributed by atoms with Crippen LogP contribution >= 0.6 is 0 Å². The van der Waals surface area contributed by atoms with E-state index in [9.17, 15) is 20.2 Å². The summed E-state index contributed by atoms with van der Waals surface area (Å²) in [7, 11) is 0.